The summed E-state index contributed by atoms with van der Waals surface area (Å²) in [5.74, 6) is 0.674. The standard InChI is InChI=1S/C24H24N2O5S/c1-17(18-12-14-19(30-2)15-13-18)25-24(27)23-16-26(21-10-6-7-11-22(21)31-23)32(28,29)20-8-4-3-5-9-20/h3-15,17,23H,16H2,1-2H3,(H,25,27)/t17-,23-/m0/s1. The van der Waals surface area contributed by atoms with Gasteiger partial charge in [0.25, 0.3) is 15.9 Å². The number of benzene rings is 3. The van der Waals surface area contributed by atoms with E-state index in [9.17, 15) is 13.2 Å². The summed E-state index contributed by atoms with van der Waals surface area (Å²) in [5.41, 5.74) is 1.30. The number of amides is 1. The molecule has 8 heteroatoms. The number of carbonyl (C=O) groups excluding carboxylic acids is 1. The van der Waals surface area contributed by atoms with Crippen molar-refractivity contribution in [1.82, 2.24) is 5.32 Å². The molecule has 32 heavy (non-hydrogen) atoms. The fraction of sp³-hybridized carbons (Fsp3) is 0.208. The van der Waals surface area contributed by atoms with Crippen LogP contribution in [-0.2, 0) is 14.8 Å². The van der Waals surface area contributed by atoms with Crippen LogP contribution in [-0.4, -0.2) is 34.1 Å². The fourth-order valence-corrected chi connectivity index (χ4v) is 5.07. The number of sulfonamides is 1. The lowest BCUT2D eigenvalue weighted by molar-refractivity contribution is -0.128. The maximum atomic E-state index is 13.3. The van der Waals surface area contributed by atoms with Crippen LogP contribution in [0.5, 0.6) is 11.5 Å². The molecule has 0 spiro atoms. The molecule has 166 valence electrons. The summed E-state index contributed by atoms with van der Waals surface area (Å²) in [5, 5.41) is 2.92. The van der Waals surface area contributed by atoms with Gasteiger partial charge in [0, 0.05) is 0 Å². The van der Waals surface area contributed by atoms with Crippen molar-refractivity contribution < 1.29 is 22.7 Å². The Bertz CT molecular complexity index is 1200. The van der Waals surface area contributed by atoms with Gasteiger partial charge in [-0.2, -0.15) is 0 Å². The maximum Gasteiger partial charge on any atom is 0.264 e. The Labute approximate surface area is 187 Å². The second-order valence-corrected chi connectivity index (χ2v) is 9.29. The van der Waals surface area contributed by atoms with Gasteiger partial charge in [-0.15, -0.1) is 0 Å². The quantitative estimate of drug-likeness (QED) is 0.619. The number of ether oxygens (including phenoxy) is 2. The van der Waals surface area contributed by atoms with E-state index in [0.29, 0.717) is 11.4 Å². The topological polar surface area (TPSA) is 84.9 Å². The molecule has 1 aliphatic heterocycles. The van der Waals surface area contributed by atoms with Gasteiger partial charge >= 0.3 is 0 Å². The lowest BCUT2D eigenvalue weighted by atomic mass is 10.1. The molecule has 0 aromatic heterocycles. The maximum absolute atomic E-state index is 13.3. The van der Waals surface area contributed by atoms with Crippen molar-refractivity contribution in [3.8, 4) is 11.5 Å². The molecule has 0 unspecified atom stereocenters. The third-order valence-corrected chi connectivity index (χ3v) is 7.13. The van der Waals surface area contributed by atoms with Crippen LogP contribution in [0.3, 0.4) is 0 Å². The summed E-state index contributed by atoms with van der Waals surface area (Å²) in [6.45, 7) is 1.73. The number of carbonyl (C=O) groups is 1. The predicted octanol–water partition coefficient (Wildman–Crippen LogP) is 3.53. The molecule has 1 N–H and O–H groups in total. The molecule has 4 rings (SSSR count). The molecule has 2 atom stereocenters. The zero-order valence-corrected chi connectivity index (χ0v) is 18.6. The molecule has 1 amide bonds. The lowest BCUT2D eigenvalue weighted by Gasteiger charge is -2.35. The number of anilines is 1. The van der Waals surface area contributed by atoms with Gasteiger partial charge in [0.1, 0.15) is 11.5 Å². The van der Waals surface area contributed by atoms with E-state index in [1.165, 1.54) is 16.4 Å². The first kappa shape index (κ1) is 21.7. The smallest absolute Gasteiger partial charge is 0.264 e. The summed E-state index contributed by atoms with van der Waals surface area (Å²) in [7, 11) is -2.28. The van der Waals surface area contributed by atoms with Gasteiger partial charge < -0.3 is 14.8 Å². The minimum absolute atomic E-state index is 0.130. The van der Waals surface area contributed by atoms with Gasteiger partial charge in [-0.3, -0.25) is 9.10 Å². The number of fused-ring (bicyclic) bond motifs is 1. The van der Waals surface area contributed by atoms with Gasteiger partial charge in [-0.05, 0) is 48.9 Å². The first-order valence-corrected chi connectivity index (χ1v) is 11.6. The molecule has 0 aliphatic carbocycles. The third-order valence-electron chi connectivity index (χ3n) is 5.33. The van der Waals surface area contributed by atoms with Gasteiger partial charge in [-0.25, -0.2) is 8.42 Å². The van der Waals surface area contributed by atoms with E-state index in [1.807, 2.05) is 31.2 Å². The highest BCUT2D eigenvalue weighted by molar-refractivity contribution is 7.92. The SMILES string of the molecule is COc1ccc([C@H](C)NC(=O)[C@@H]2CN(S(=O)(=O)c3ccccc3)c3ccccc3O2)cc1. The van der Waals surface area contributed by atoms with Crippen molar-refractivity contribution in [2.45, 2.75) is 24.0 Å². The first-order valence-electron chi connectivity index (χ1n) is 10.2. The second kappa shape index (κ2) is 8.92. The number of nitrogens with one attached hydrogen (secondary N) is 1. The van der Waals surface area contributed by atoms with E-state index in [4.69, 9.17) is 9.47 Å². The summed E-state index contributed by atoms with van der Waals surface area (Å²) >= 11 is 0. The summed E-state index contributed by atoms with van der Waals surface area (Å²) in [6, 6.07) is 22.0. The minimum Gasteiger partial charge on any atom is -0.497 e. The van der Waals surface area contributed by atoms with Crippen LogP contribution in [0.4, 0.5) is 5.69 Å². The highest BCUT2D eigenvalue weighted by Crippen LogP contribution is 2.36. The number of nitrogens with zero attached hydrogens (tertiary/aromatic N) is 1. The largest absolute Gasteiger partial charge is 0.497 e. The Balaban J connectivity index is 1.58. The Morgan fingerprint density at radius 1 is 1.03 bits per heavy atom. The second-order valence-electron chi connectivity index (χ2n) is 7.43. The van der Waals surface area contributed by atoms with E-state index in [1.54, 1.807) is 49.6 Å². The van der Waals surface area contributed by atoms with Gasteiger partial charge in [-0.1, -0.05) is 42.5 Å². The van der Waals surface area contributed by atoms with E-state index >= 15 is 0 Å². The van der Waals surface area contributed by atoms with Gasteiger partial charge in [0.2, 0.25) is 0 Å². The van der Waals surface area contributed by atoms with Crippen LogP contribution in [0.1, 0.15) is 18.5 Å². The highest BCUT2D eigenvalue weighted by Gasteiger charge is 2.37. The molecule has 3 aromatic rings. The molecular formula is C24H24N2O5S. The molecule has 0 fully saturated rings. The van der Waals surface area contributed by atoms with Crippen LogP contribution in [0, 0.1) is 0 Å². The predicted molar refractivity (Wildman–Crippen MR) is 121 cm³/mol. The zero-order chi connectivity index (χ0) is 22.7. The number of hydrogen-bond donors (Lipinski definition) is 1. The summed E-state index contributed by atoms with van der Waals surface area (Å²) < 4.78 is 39.0. The number of para-hydroxylation sites is 2. The van der Waals surface area contributed by atoms with Gasteiger partial charge in [0.05, 0.1) is 30.3 Å². The molecule has 0 radical (unpaired) electrons. The normalized spacial score (nSPS) is 16.4. The van der Waals surface area contributed by atoms with E-state index in [0.717, 1.165) is 11.3 Å². The van der Waals surface area contributed by atoms with Gasteiger partial charge in [0.15, 0.2) is 6.10 Å². The lowest BCUT2D eigenvalue weighted by Crippen LogP contribution is -2.51. The molecular weight excluding hydrogens is 428 g/mol. The highest BCUT2D eigenvalue weighted by atomic mass is 32.2. The number of rotatable bonds is 6. The van der Waals surface area contributed by atoms with Crippen LogP contribution in [0.15, 0.2) is 83.8 Å². The number of methoxy groups -OCH3 is 1. The van der Waals surface area contributed by atoms with E-state index in [-0.39, 0.29) is 17.5 Å². The Morgan fingerprint density at radius 3 is 2.38 bits per heavy atom. The van der Waals surface area contributed by atoms with Crippen molar-refractivity contribution in [1.29, 1.82) is 0 Å². The van der Waals surface area contributed by atoms with E-state index < -0.39 is 22.0 Å². The van der Waals surface area contributed by atoms with Crippen LogP contribution >= 0.6 is 0 Å². The molecule has 1 aliphatic rings. The van der Waals surface area contributed by atoms with Crippen molar-refractivity contribution in [3.05, 3.63) is 84.4 Å². The average Bonchev–Trinajstić information content (AvgIpc) is 2.83. The molecule has 7 nitrogen and oxygen atoms in total. The number of hydrogen-bond acceptors (Lipinski definition) is 5. The van der Waals surface area contributed by atoms with Crippen LogP contribution < -0.4 is 19.1 Å². The third kappa shape index (κ3) is 4.27. The molecule has 0 saturated heterocycles. The van der Waals surface area contributed by atoms with Crippen LogP contribution in [0.25, 0.3) is 0 Å². The molecule has 0 saturated carbocycles. The Hall–Kier alpha value is -3.52. The summed E-state index contributed by atoms with van der Waals surface area (Å²) in [6.07, 6.45) is -0.996. The Morgan fingerprint density at radius 2 is 1.69 bits per heavy atom. The summed E-state index contributed by atoms with van der Waals surface area (Å²) in [4.78, 5) is 13.2. The zero-order valence-electron chi connectivity index (χ0n) is 17.8. The van der Waals surface area contributed by atoms with Crippen molar-refractivity contribution >= 4 is 21.6 Å². The van der Waals surface area contributed by atoms with Crippen LogP contribution in [0.2, 0.25) is 0 Å². The average molecular weight is 453 g/mol. The Kier molecular flexibility index (Phi) is 6.05. The van der Waals surface area contributed by atoms with Crippen molar-refractivity contribution in [2.24, 2.45) is 0 Å². The molecule has 1 heterocycles. The van der Waals surface area contributed by atoms with Crippen molar-refractivity contribution in [3.63, 3.8) is 0 Å². The monoisotopic (exact) mass is 452 g/mol. The molecule has 0 bridgehead atoms. The minimum atomic E-state index is -3.87. The van der Waals surface area contributed by atoms with E-state index in [2.05, 4.69) is 5.32 Å². The van der Waals surface area contributed by atoms with Crippen molar-refractivity contribution in [2.75, 3.05) is 18.0 Å². The first-order chi connectivity index (χ1) is 15.4. The molecule has 3 aromatic carbocycles. The fourth-order valence-electron chi connectivity index (χ4n) is 3.57.